The van der Waals surface area contributed by atoms with Crippen LogP contribution in [0.25, 0.3) is 0 Å². The minimum Gasteiger partial charge on any atom is -0.354 e. The molecule has 4 nitrogen and oxygen atoms in total. The van der Waals surface area contributed by atoms with Crippen molar-refractivity contribution in [1.29, 1.82) is 0 Å². The zero-order valence-corrected chi connectivity index (χ0v) is 18.1. The molecule has 2 unspecified atom stereocenters. The lowest BCUT2D eigenvalue weighted by atomic mass is 10.0. The summed E-state index contributed by atoms with van der Waals surface area (Å²) in [5.74, 6) is 1.61. The van der Waals surface area contributed by atoms with Gasteiger partial charge in [0.2, 0.25) is 0 Å². The Morgan fingerprint density at radius 2 is 1.92 bits per heavy atom. The summed E-state index contributed by atoms with van der Waals surface area (Å²) in [6.45, 7) is 8.12. The molecule has 1 saturated heterocycles. The predicted molar refractivity (Wildman–Crippen MR) is 117 cm³/mol. The first-order valence-corrected chi connectivity index (χ1v) is 9.49. The first kappa shape index (κ1) is 20.5. The van der Waals surface area contributed by atoms with Gasteiger partial charge in [0, 0.05) is 38.1 Å². The molecule has 0 bridgehead atoms. The fourth-order valence-corrected chi connectivity index (χ4v) is 3.86. The number of likely N-dealkylation sites (tertiary alicyclic amines) is 1. The number of nitrogens with zero attached hydrogens (tertiary/aromatic N) is 2. The smallest absolute Gasteiger partial charge is 0.191 e. The van der Waals surface area contributed by atoms with Gasteiger partial charge in [0.25, 0.3) is 0 Å². The molecule has 0 spiro atoms. The summed E-state index contributed by atoms with van der Waals surface area (Å²) in [6.07, 6.45) is 4.89. The molecule has 1 aromatic rings. The van der Waals surface area contributed by atoms with Crippen LogP contribution in [0.2, 0.25) is 0 Å². The van der Waals surface area contributed by atoms with Crippen molar-refractivity contribution in [3.05, 3.63) is 35.4 Å². The topological polar surface area (TPSA) is 39.7 Å². The summed E-state index contributed by atoms with van der Waals surface area (Å²) < 4.78 is 0. The lowest BCUT2D eigenvalue weighted by molar-refractivity contribution is 0.206. The number of hydrogen-bond donors (Lipinski definition) is 2. The normalized spacial score (nSPS) is 24.5. The fraction of sp³-hybridized carbons (Fsp3) is 0.650. The Balaban J connectivity index is 0.00000225. The average molecular weight is 456 g/mol. The van der Waals surface area contributed by atoms with E-state index < -0.39 is 0 Å². The number of piperidine rings is 1. The van der Waals surface area contributed by atoms with Crippen LogP contribution in [0.4, 0.5) is 0 Å². The number of halogens is 1. The van der Waals surface area contributed by atoms with Crippen molar-refractivity contribution in [3.8, 4) is 0 Å². The highest BCUT2D eigenvalue weighted by Crippen LogP contribution is 2.42. The second kappa shape index (κ2) is 9.76. The molecule has 0 aromatic heterocycles. The molecular formula is C20H33IN4. The highest BCUT2D eigenvalue weighted by atomic mass is 127. The van der Waals surface area contributed by atoms with Crippen LogP contribution in [0.15, 0.2) is 29.3 Å². The van der Waals surface area contributed by atoms with Crippen LogP contribution in [0.3, 0.4) is 0 Å². The number of rotatable bonds is 5. The molecule has 2 fully saturated rings. The molecule has 1 aliphatic carbocycles. The van der Waals surface area contributed by atoms with Crippen LogP contribution in [0, 0.1) is 6.92 Å². The van der Waals surface area contributed by atoms with Gasteiger partial charge in [0.05, 0.1) is 0 Å². The number of hydrogen-bond acceptors (Lipinski definition) is 2. The molecule has 3 rings (SSSR count). The van der Waals surface area contributed by atoms with E-state index in [1.165, 1.54) is 56.4 Å². The van der Waals surface area contributed by atoms with Crippen molar-refractivity contribution in [1.82, 2.24) is 15.5 Å². The van der Waals surface area contributed by atoms with Gasteiger partial charge in [-0.1, -0.05) is 31.2 Å². The van der Waals surface area contributed by atoms with Gasteiger partial charge in [0.1, 0.15) is 0 Å². The molecule has 1 saturated carbocycles. The highest BCUT2D eigenvalue weighted by molar-refractivity contribution is 14.0. The standard InChI is InChI=1S/C20H32N4.HI/c1-4-11-24-12-9-16(10-13-24)22-20(21-3)23-19-14-18(19)17-8-6-5-7-15(17)2;/h5-8,16,18-19H,4,9-14H2,1-3H3,(H2,21,22,23);1H. The van der Waals surface area contributed by atoms with E-state index in [9.17, 15) is 0 Å². The van der Waals surface area contributed by atoms with Crippen LogP contribution in [-0.4, -0.2) is 49.6 Å². The summed E-state index contributed by atoms with van der Waals surface area (Å²) in [7, 11) is 1.88. The first-order valence-electron chi connectivity index (χ1n) is 9.49. The third kappa shape index (κ3) is 5.58. The molecule has 0 amide bonds. The minimum atomic E-state index is 0. The molecule has 2 N–H and O–H groups in total. The van der Waals surface area contributed by atoms with Gasteiger partial charge >= 0.3 is 0 Å². The highest BCUT2D eigenvalue weighted by Gasteiger charge is 2.39. The van der Waals surface area contributed by atoms with Crippen molar-refractivity contribution in [2.24, 2.45) is 4.99 Å². The summed E-state index contributed by atoms with van der Waals surface area (Å²) >= 11 is 0. The average Bonchev–Trinajstić information content (AvgIpc) is 3.35. The summed E-state index contributed by atoms with van der Waals surface area (Å²) in [4.78, 5) is 7.02. The number of aryl methyl sites for hydroxylation is 1. The number of benzene rings is 1. The van der Waals surface area contributed by atoms with E-state index >= 15 is 0 Å². The minimum absolute atomic E-state index is 0. The summed E-state index contributed by atoms with van der Waals surface area (Å²) in [5.41, 5.74) is 2.89. The zero-order valence-electron chi connectivity index (χ0n) is 15.8. The molecule has 5 heteroatoms. The number of aliphatic imine (C=N–C) groups is 1. The Hall–Kier alpha value is -0.820. The SMILES string of the molecule is CCCN1CCC(NC(=NC)NC2CC2c2ccccc2C)CC1.I. The van der Waals surface area contributed by atoms with Crippen molar-refractivity contribution in [3.63, 3.8) is 0 Å². The lowest BCUT2D eigenvalue weighted by Crippen LogP contribution is -2.49. The summed E-state index contributed by atoms with van der Waals surface area (Å²) in [6, 6.07) is 9.82. The van der Waals surface area contributed by atoms with Gasteiger partial charge in [-0.2, -0.15) is 0 Å². The Morgan fingerprint density at radius 3 is 2.56 bits per heavy atom. The Bertz CT molecular complexity index is 567. The largest absolute Gasteiger partial charge is 0.354 e. The van der Waals surface area contributed by atoms with Gasteiger partial charge < -0.3 is 15.5 Å². The van der Waals surface area contributed by atoms with Gasteiger partial charge in [-0.25, -0.2) is 0 Å². The zero-order chi connectivity index (χ0) is 16.9. The van der Waals surface area contributed by atoms with Gasteiger partial charge in [-0.3, -0.25) is 4.99 Å². The van der Waals surface area contributed by atoms with E-state index in [-0.39, 0.29) is 24.0 Å². The molecular weight excluding hydrogens is 423 g/mol. The Morgan fingerprint density at radius 1 is 1.20 bits per heavy atom. The second-order valence-corrected chi connectivity index (χ2v) is 7.28. The third-order valence-corrected chi connectivity index (χ3v) is 5.39. The van der Waals surface area contributed by atoms with Gasteiger partial charge in [-0.05, 0) is 50.3 Å². The van der Waals surface area contributed by atoms with Crippen molar-refractivity contribution >= 4 is 29.9 Å². The van der Waals surface area contributed by atoms with Crippen molar-refractivity contribution < 1.29 is 0 Å². The van der Waals surface area contributed by atoms with Gasteiger partial charge in [-0.15, -0.1) is 24.0 Å². The van der Waals surface area contributed by atoms with E-state index in [2.05, 4.69) is 58.6 Å². The third-order valence-electron chi connectivity index (χ3n) is 5.39. The first-order chi connectivity index (χ1) is 11.7. The molecule has 0 radical (unpaired) electrons. The van der Waals surface area contributed by atoms with Crippen LogP contribution in [0.1, 0.15) is 49.7 Å². The van der Waals surface area contributed by atoms with Crippen LogP contribution >= 0.6 is 24.0 Å². The van der Waals surface area contributed by atoms with Crippen molar-refractivity contribution in [2.75, 3.05) is 26.7 Å². The van der Waals surface area contributed by atoms with Crippen molar-refractivity contribution in [2.45, 2.75) is 57.5 Å². The van der Waals surface area contributed by atoms with E-state index in [0.29, 0.717) is 18.0 Å². The fourth-order valence-electron chi connectivity index (χ4n) is 3.86. The number of guanidine groups is 1. The number of nitrogens with one attached hydrogen (secondary N) is 2. The van der Waals surface area contributed by atoms with Crippen LogP contribution in [0.5, 0.6) is 0 Å². The second-order valence-electron chi connectivity index (χ2n) is 7.28. The Labute approximate surface area is 169 Å². The maximum Gasteiger partial charge on any atom is 0.191 e. The molecule has 140 valence electrons. The molecule has 25 heavy (non-hydrogen) atoms. The Kier molecular flexibility index (Phi) is 8.00. The van der Waals surface area contributed by atoms with Gasteiger partial charge in [0.15, 0.2) is 5.96 Å². The lowest BCUT2D eigenvalue weighted by Gasteiger charge is -2.32. The van der Waals surface area contributed by atoms with E-state index in [1.54, 1.807) is 0 Å². The van der Waals surface area contributed by atoms with E-state index in [0.717, 1.165) is 5.96 Å². The molecule has 1 heterocycles. The maximum atomic E-state index is 4.45. The maximum absolute atomic E-state index is 4.45. The quantitative estimate of drug-likeness (QED) is 0.405. The van der Waals surface area contributed by atoms with E-state index in [4.69, 9.17) is 0 Å². The predicted octanol–water partition coefficient (Wildman–Crippen LogP) is 3.51. The van der Waals surface area contributed by atoms with E-state index in [1.807, 2.05) is 7.05 Å². The molecule has 2 aliphatic rings. The van der Waals surface area contributed by atoms with Crippen LogP contribution in [-0.2, 0) is 0 Å². The molecule has 1 aromatic carbocycles. The summed E-state index contributed by atoms with van der Waals surface area (Å²) in [5, 5.41) is 7.26. The van der Waals surface area contributed by atoms with Crippen LogP contribution < -0.4 is 10.6 Å². The molecule has 2 atom stereocenters. The molecule has 1 aliphatic heterocycles. The monoisotopic (exact) mass is 456 g/mol.